The van der Waals surface area contributed by atoms with Gasteiger partial charge in [0.15, 0.2) is 0 Å². The smallest absolute Gasteiger partial charge is 0.241 e. The van der Waals surface area contributed by atoms with E-state index in [0.717, 1.165) is 5.56 Å². The topological polar surface area (TPSA) is 75.6 Å². The lowest BCUT2D eigenvalue weighted by Gasteiger charge is -2.17. The van der Waals surface area contributed by atoms with Gasteiger partial charge in [-0.1, -0.05) is 6.92 Å². The summed E-state index contributed by atoms with van der Waals surface area (Å²) in [6.07, 6.45) is 0.533. The van der Waals surface area contributed by atoms with E-state index in [2.05, 4.69) is 4.72 Å². The summed E-state index contributed by atoms with van der Waals surface area (Å²) in [7, 11) is -3.63. The molecule has 0 aliphatic rings. The third-order valence-electron chi connectivity index (χ3n) is 3.31. The maximum absolute atomic E-state index is 12.3. The molecule has 0 amide bonds. The van der Waals surface area contributed by atoms with E-state index in [4.69, 9.17) is 9.84 Å². The summed E-state index contributed by atoms with van der Waals surface area (Å²) >= 11 is 0. The van der Waals surface area contributed by atoms with Crippen LogP contribution in [0.2, 0.25) is 0 Å². The summed E-state index contributed by atoms with van der Waals surface area (Å²) in [5, 5.41) is 9.13. The van der Waals surface area contributed by atoms with Crippen molar-refractivity contribution in [1.82, 2.24) is 4.72 Å². The van der Waals surface area contributed by atoms with Gasteiger partial charge in [0.1, 0.15) is 5.75 Å². The number of ether oxygens (including phenoxy) is 1. The Kier molecular flexibility index (Phi) is 5.98. The van der Waals surface area contributed by atoms with Gasteiger partial charge in [-0.15, -0.1) is 0 Å². The average Bonchev–Trinajstić information content (AvgIpc) is 2.41. The molecule has 1 unspecified atom stereocenters. The molecular formula is C14H23NO4S. The third-order valence-corrected chi connectivity index (χ3v) is 4.98. The first-order chi connectivity index (χ1) is 9.37. The molecular weight excluding hydrogens is 278 g/mol. The maximum atomic E-state index is 12.3. The second-order valence-electron chi connectivity index (χ2n) is 4.65. The summed E-state index contributed by atoms with van der Waals surface area (Å²) in [5.74, 6) is 0.693. The van der Waals surface area contributed by atoms with Gasteiger partial charge >= 0.3 is 0 Å². The fourth-order valence-electron chi connectivity index (χ4n) is 1.91. The first-order valence-electron chi connectivity index (χ1n) is 6.73. The van der Waals surface area contributed by atoms with Gasteiger partial charge in [-0.25, -0.2) is 13.1 Å². The SMILES string of the molecule is CCOc1ccc(S(=O)(=O)NC(CC)CO)c(C)c1C. The first kappa shape index (κ1) is 16.9. The van der Waals surface area contributed by atoms with Crippen LogP contribution in [0.5, 0.6) is 5.75 Å². The molecule has 1 rings (SSSR count). The van der Waals surface area contributed by atoms with Crippen molar-refractivity contribution >= 4 is 10.0 Å². The fraction of sp³-hybridized carbons (Fsp3) is 0.571. The molecule has 1 aromatic rings. The number of hydrogen-bond donors (Lipinski definition) is 2. The van der Waals surface area contributed by atoms with Crippen molar-refractivity contribution in [3.05, 3.63) is 23.3 Å². The summed E-state index contributed by atoms with van der Waals surface area (Å²) in [6, 6.07) is 2.74. The van der Waals surface area contributed by atoms with Crippen LogP contribution in [0.1, 0.15) is 31.4 Å². The largest absolute Gasteiger partial charge is 0.494 e. The second kappa shape index (κ2) is 7.06. The van der Waals surface area contributed by atoms with Gasteiger partial charge in [0, 0.05) is 6.04 Å². The van der Waals surface area contributed by atoms with Crippen molar-refractivity contribution < 1.29 is 18.3 Å². The lowest BCUT2D eigenvalue weighted by Crippen LogP contribution is -2.37. The first-order valence-corrected chi connectivity index (χ1v) is 8.21. The molecule has 0 saturated heterocycles. The molecule has 0 fully saturated rings. The molecule has 0 aliphatic carbocycles. The molecule has 6 heteroatoms. The minimum absolute atomic E-state index is 0.217. The van der Waals surface area contributed by atoms with Crippen LogP contribution in [0.25, 0.3) is 0 Å². The predicted octanol–water partition coefficient (Wildman–Crippen LogP) is 1.75. The predicted molar refractivity (Wildman–Crippen MR) is 78.6 cm³/mol. The molecule has 0 bridgehead atoms. The van der Waals surface area contributed by atoms with Crippen molar-refractivity contribution in [2.75, 3.05) is 13.2 Å². The van der Waals surface area contributed by atoms with Crippen LogP contribution in [0, 0.1) is 13.8 Å². The molecule has 0 saturated carbocycles. The Morgan fingerprint density at radius 2 is 1.90 bits per heavy atom. The van der Waals surface area contributed by atoms with E-state index in [1.165, 1.54) is 0 Å². The number of nitrogens with one attached hydrogen (secondary N) is 1. The lowest BCUT2D eigenvalue weighted by molar-refractivity contribution is 0.254. The Morgan fingerprint density at radius 1 is 1.25 bits per heavy atom. The Hall–Kier alpha value is -1.11. The van der Waals surface area contributed by atoms with Gasteiger partial charge < -0.3 is 9.84 Å². The Balaban J connectivity index is 3.16. The summed E-state index contributed by atoms with van der Waals surface area (Å²) in [6.45, 7) is 7.61. The van der Waals surface area contributed by atoms with Crippen LogP contribution in [0.3, 0.4) is 0 Å². The van der Waals surface area contributed by atoms with Crippen LogP contribution in [-0.4, -0.2) is 32.8 Å². The Bertz CT molecular complexity index is 551. The highest BCUT2D eigenvalue weighted by Gasteiger charge is 2.22. The molecule has 1 aromatic carbocycles. The minimum atomic E-state index is -3.63. The molecule has 0 aliphatic heterocycles. The average molecular weight is 301 g/mol. The van der Waals surface area contributed by atoms with E-state index < -0.39 is 16.1 Å². The molecule has 0 spiro atoms. The van der Waals surface area contributed by atoms with Gasteiger partial charge in [0.2, 0.25) is 10.0 Å². The van der Waals surface area contributed by atoms with Gasteiger partial charge in [-0.2, -0.15) is 0 Å². The fourth-order valence-corrected chi connectivity index (χ4v) is 3.52. The van der Waals surface area contributed by atoms with Gasteiger partial charge in [0.05, 0.1) is 18.1 Å². The van der Waals surface area contributed by atoms with E-state index in [1.54, 1.807) is 19.1 Å². The highest BCUT2D eigenvalue weighted by Crippen LogP contribution is 2.27. The second-order valence-corrected chi connectivity index (χ2v) is 6.34. The molecule has 5 nitrogen and oxygen atoms in total. The number of benzene rings is 1. The Morgan fingerprint density at radius 3 is 2.40 bits per heavy atom. The van der Waals surface area contributed by atoms with Gasteiger partial charge in [-0.05, 0) is 50.5 Å². The van der Waals surface area contributed by atoms with Crippen molar-refractivity contribution in [3.63, 3.8) is 0 Å². The molecule has 0 radical (unpaired) electrons. The van der Waals surface area contributed by atoms with Crippen LogP contribution >= 0.6 is 0 Å². The van der Waals surface area contributed by atoms with E-state index in [-0.39, 0.29) is 11.5 Å². The van der Waals surface area contributed by atoms with Crippen molar-refractivity contribution in [2.45, 2.75) is 45.1 Å². The van der Waals surface area contributed by atoms with Gasteiger partial charge in [0.25, 0.3) is 0 Å². The lowest BCUT2D eigenvalue weighted by atomic mass is 10.1. The number of aliphatic hydroxyl groups is 1. The summed E-state index contributed by atoms with van der Waals surface area (Å²) < 4.78 is 32.6. The minimum Gasteiger partial charge on any atom is -0.494 e. The summed E-state index contributed by atoms with van der Waals surface area (Å²) in [4.78, 5) is 0.227. The Labute approximate surface area is 121 Å². The molecule has 114 valence electrons. The zero-order valence-corrected chi connectivity index (χ0v) is 13.3. The van der Waals surface area contributed by atoms with E-state index in [0.29, 0.717) is 24.3 Å². The highest BCUT2D eigenvalue weighted by atomic mass is 32.2. The van der Waals surface area contributed by atoms with Crippen molar-refractivity contribution in [3.8, 4) is 5.75 Å². The van der Waals surface area contributed by atoms with Crippen LogP contribution in [0.4, 0.5) is 0 Å². The van der Waals surface area contributed by atoms with E-state index in [9.17, 15) is 8.42 Å². The third kappa shape index (κ3) is 3.71. The molecule has 1 atom stereocenters. The highest BCUT2D eigenvalue weighted by molar-refractivity contribution is 7.89. The molecule has 0 aromatic heterocycles. The van der Waals surface area contributed by atoms with E-state index >= 15 is 0 Å². The number of rotatable bonds is 7. The molecule has 20 heavy (non-hydrogen) atoms. The zero-order valence-electron chi connectivity index (χ0n) is 12.4. The number of aliphatic hydroxyl groups excluding tert-OH is 1. The van der Waals surface area contributed by atoms with Crippen LogP contribution in [0.15, 0.2) is 17.0 Å². The maximum Gasteiger partial charge on any atom is 0.241 e. The van der Waals surface area contributed by atoms with Gasteiger partial charge in [-0.3, -0.25) is 0 Å². The molecule has 2 N–H and O–H groups in total. The van der Waals surface area contributed by atoms with Crippen molar-refractivity contribution in [2.24, 2.45) is 0 Å². The van der Waals surface area contributed by atoms with Crippen LogP contribution in [-0.2, 0) is 10.0 Å². The number of hydrogen-bond acceptors (Lipinski definition) is 4. The molecule has 0 heterocycles. The van der Waals surface area contributed by atoms with Crippen molar-refractivity contribution in [1.29, 1.82) is 0 Å². The monoisotopic (exact) mass is 301 g/mol. The zero-order chi connectivity index (χ0) is 15.3. The normalized spacial score (nSPS) is 13.2. The van der Waals surface area contributed by atoms with E-state index in [1.807, 2.05) is 20.8 Å². The summed E-state index contributed by atoms with van der Waals surface area (Å²) in [5.41, 5.74) is 1.48. The standard InChI is InChI=1S/C14H23NO4S/c1-5-12(9-16)15-20(17,18)14-8-7-13(19-6-2)10(3)11(14)4/h7-8,12,15-16H,5-6,9H2,1-4H3. The number of sulfonamides is 1. The quantitative estimate of drug-likeness (QED) is 0.804. The van der Waals surface area contributed by atoms with Crippen LogP contribution < -0.4 is 9.46 Å².